The van der Waals surface area contributed by atoms with Gasteiger partial charge < -0.3 is 10.4 Å². The van der Waals surface area contributed by atoms with E-state index in [2.05, 4.69) is 12.2 Å². The molecule has 2 aromatic carbocycles. The summed E-state index contributed by atoms with van der Waals surface area (Å²) in [4.78, 5) is 22.8. The third kappa shape index (κ3) is 3.92. The van der Waals surface area contributed by atoms with Crippen LogP contribution in [0.25, 0.3) is 0 Å². The van der Waals surface area contributed by atoms with E-state index in [1.165, 1.54) is 29.8 Å². The number of carbonyl (C=O) groups is 2. The van der Waals surface area contributed by atoms with E-state index in [9.17, 15) is 9.59 Å². The first kappa shape index (κ1) is 14.8. The summed E-state index contributed by atoms with van der Waals surface area (Å²) in [5, 5.41) is 11.6. The van der Waals surface area contributed by atoms with Crippen LogP contribution in [0.3, 0.4) is 0 Å². The Morgan fingerprint density at radius 1 is 0.952 bits per heavy atom. The highest BCUT2D eigenvalue weighted by Crippen LogP contribution is 2.13. The van der Waals surface area contributed by atoms with Gasteiger partial charge in [-0.1, -0.05) is 25.5 Å². The van der Waals surface area contributed by atoms with Crippen molar-refractivity contribution in [3.05, 3.63) is 65.2 Å². The zero-order valence-electron chi connectivity index (χ0n) is 11.8. The van der Waals surface area contributed by atoms with Gasteiger partial charge in [0.2, 0.25) is 0 Å². The monoisotopic (exact) mass is 283 g/mol. The zero-order valence-corrected chi connectivity index (χ0v) is 11.8. The molecular weight excluding hydrogens is 266 g/mol. The topological polar surface area (TPSA) is 66.4 Å². The molecule has 108 valence electrons. The van der Waals surface area contributed by atoms with Crippen molar-refractivity contribution >= 4 is 17.6 Å². The molecule has 0 unspecified atom stereocenters. The number of carboxylic acid groups (broad SMARTS) is 1. The van der Waals surface area contributed by atoms with Crippen LogP contribution in [0.2, 0.25) is 0 Å². The number of aryl methyl sites for hydroxylation is 1. The maximum absolute atomic E-state index is 12.0. The number of rotatable bonds is 5. The van der Waals surface area contributed by atoms with E-state index in [0.717, 1.165) is 18.5 Å². The first-order valence-electron chi connectivity index (χ1n) is 6.84. The van der Waals surface area contributed by atoms with Crippen molar-refractivity contribution in [3.8, 4) is 0 Å². The smallest absolute Gasteiger partial charge is 0.335 e. The van der Waals surface area contributed by atoms with Crippen molar-refractivity contribution in [2.45, 2.75) is 19.8 Å². The highest BCUT2D eigenvalue weighted by atomic mass is 16.4. The molecule has 0 aliphatic heterocycles. The molecule has 0 aliphatic carbocycles. The average molecular weight is 283 g/mol. The third-order valence-electron chi connectivity index (χ3n) is 3.14. The van der Waals surface area contributed by atoms with Gasteiger partial charge in [0.25, 0.3) is 5.91 Å². The summed E-state index contributed by atoms with van der Waals surface area (Å²) < 4.78 is 0. The lowest BCUT2D eigenvalue weighted by Gasteiger charge is -2.06. The van der Waals surface area contributed by atoms with E-state index in [-0.39, 0.29) is 11.5 Å². The van der Waals surface area contributed by atoms with Crippen LogP contribution >= 0.6 is 0 Å². The summed E-state index contributed by atoms with van der Waals surface area (Å²) in [6.07, 6.45) is 2.10. The van der Waals surface area contributed by atoms with E-state index >= 15 is 0 Å². The number of anilines is 1. The van der Waals surface area contributed by atoms with E-state index in [1.807, 2.05) is 24.3 Å². The van der Waals surface area contributed by atoms with Gasteiger partial charge in [-0.25, -0.2) is 4.79 Å². The molecule has 0 saturated heterocycles. The van der Waals surface area contributed by atoms with Crippen LogP contribution in [0.1, 0.15) is 39.6 Å². The van der Waals surface area contributed by atoms with Crippen molar-refractivity contribution in [3.63, 3.8) is 0 Å². The number of aromatic carboxylic acids is 1. The Labute approximate surface area is 123 Å². The first-order valence-corrected chi connectivity index (χ1v) is 6.84. The Morgan fingerprint density at radius 2 is 1.52 bits per heavy atom. The second kappa shape index (κ2) is 6.70. The Kier molecular flexibility index (Phi) is 4.72. The van der Waals surface area contributed by atoms with Gasteiger partial charge in [0.1, 0.15) is 0 Å². The highest BCUT2D eigenvalue weighted by molar-refractivity contribution is 6.04. The van der Waals surface area contributed by atoms with Crippen LogP contribution in [-0.4, -0.2) is 17.0 Å². The fraction of sp³-hybridized carbons (Fsp3) is 0.176. The third-order valence-corrected chi connectivity index (χ3v) is 3.14. The Morgan fingerprint density at radius 3 is 2.05 bits per heavy atom. The zero-order chi connectivity index (χ0) is 15.2. The number of hydrogen-bond acceptors (Lipinski definition) is 2. The van der Waals surface area contributed by atoms with Crippen LogP contribution < -0.4 is 5.32 Å². The molecule has 0 spiro atoms. The molecule has 0 heterocycles. The number of carbonyl (C=O) groups excluding carboxylic acids is 1. The molecule has 0 fully saturated rings. The largest absolute Gasteiger partial charge is 0.478 e. The fourth-order valence-corrected chi connectivity index (χ4v) is 2.01. The second-order valence-corrected chi connectivity index (χ2v) is 4.78. The number of hydrogen-bond donors (Lipinski definition) is 2. The fourth-order valence-electron chi connectivity index (χ4n) is 2.01. The maximum Gasteiger partial charge on any atom is 0.335 e. The van der Waals surface area contributed by atoms with Crippen LogP contribution in [-0.2, 0) is 6.42 Å². The van der Waals surface area contributed by atoms with Crippen molar-refractivity contribution in [2.24, 2.45) is 0 Å². The molecule has 2 N–H and O–H groups in total. The van der Waals surface area contributed by atoms with Crippen LogP contribution in [0.5, 0.6) is 0 Å². The molecule has 0 aromatic heterocycles. The van der Waals surface area contributed by atoms with E-state index in [0.29, 0.717) is 5.56 Å². The number of benzene rings is 2. The van der Waals surface area contributed by atoms with Crippen LogP contribution in [0, 0.1) is 0 Å². The van der Waals surface area contributed by atoms with E-state index < -0.39 is 5.97 Å². The molecule has 0 aliphatic rings. The van der Waals surface area contributed by atoms with Gasteiger partial charge in [-0.05, 0) is 48.4 Å². The van der Waals surface area contributed by atoms with Crippen LogP contribution in [0.15, 0.2) is 48.5 Å². The molecule has 2 aromatic rings. The molecule has 4 nitrogen and oxygen atoms in total. The molecular formula is C17H17NO3. The number of carboxylic acids is 1. The van der Waals surface area contributed by atoms with Crippen molar-refractivity contribution in [1.82, 2.24) is 0 Å². The van der Waals surface area contributed by atoms with Gasteiger partial charge >= 0.3 is 5.97 Å². The van der Waals surface area contributed by atoms with Crippen molar-refractivity contribution in [1.29, 1.82) is 0 Å². The van der Waals surface area contributed by atoms with Crippen LogP contribution in [0.4, 0.5) is 5.69 Å². The normalized spacial score (nSPS) is 10.1. The van der Waals surface area contributed by atoms with Gasteiger partial charge in [0, 0.05) is 11.3 Å². The molecule has 2 rings (SSSR count). The summed E-state index contributed by atoms with van der Waals surface area (Å²) in [6, 6.07) is 13.6. The second-order valence-electron chi connectivity index (χ2n) is 4.78. The van der Waals surface area contributed by atoms with Gasteiger partial charge in [-0.15, -0.1) is 0 Å². The van der Waals surface area contributed by atoms with E-state index in [1.54, 1.807) is 0 Å². The molecule has 0 atom stereocenters. The van der Waals surface area contributed by atoms with Gasteiger partial charge in [0.05, 0.1) is 5.56 Å². The standard InChI is InChI=1S/C17H17NO3/c1-2-3-12-4-10-15(11-5-12)18-16(19)13-6-8-14(9-7-13)17(20)21/h4-11H,2-3H2,1H3,(H,18,19)(H,20,21). The lowest BCUT2D eigenvalue weighted by molar-refractivity contribution is 0.0696. The molecule has 21 heavy (non-hydrogen) atoms. The van der Waals surface area contributed by atoms with Gasteiger partial charge in [0.15, 0.2) is 0 Å². The molecule has 4 heteroatoms. The Bertz CT molecular complexity index is 630. The lowest BCUT2D eigenvalue weighted by atomic mass is 10.1. The summed E-state index contributed by atoms with van der Waals surface area (Å²) in [5.74, 6) is -1.26. The quantitative estimate of drug-likeness (QED) is 0.881. The van der Waals surface area contributed by atoms with Gasteiger partial charge in [-0.2, -0.15) is 0 Å². The summed E-state index contributed by atoms with van der Waals surface area (Å²) in [5.41, 5.74) is 2.55. The molecule has 1 amide bonds. The minimum atomic E-state index is -1.01. The Balaban J connectivity index is 2.05. The SMILES string of the molecule is CCCc1ccc(NC(=O)c2ccc(C(=O)O)cc2)cc1. The van der Waals surface area contributed by atoms with Crippen molar-refractivity contribution in [2.75, 3.05) is 5.32 Å². The summed E-state index contributed by atoms with van der Waals surface area (Å²) >= 11 is 0. The lowest BCUT2D eigenvalue weighted by Crippen LogP contribution is -2.12. The Hall–Kier alpha value is -2.62. The minimum Gasteiger partial charge on any atom is -0.478 e. The van der Waals surface area contributed by atoms with Crippen molar-refractivity contribution < 1.29 is 14.7 Å². The molecule has 0 bridgehead atoms. The predicted molar refractivity (Wildman–Crippen MR) is 81.8 cm³/mol. The van der Waals surface area contributed by atoms with Gasteiger partial charge in [-0.3, -0.25) is 4.79 Å². The predicted octanol–water partition coefficient (Wildman–Crippen LogP) is 3.59. The van der Waals surface area contributed by atoms with E-state index in [4.69, 9.17) is 5.11 Å². The first-order chi connectivity index (χ1) is 10.1. The summed E-state index contributed by atoms with van der Waals surface area (Å²) in [6.45, 7) is 2.12. The average Bonchev–Trinajstić information content (AvgIpc) is 2.49. The molecule has 0 radical (unpaired) electrons. The number of nitrogens with one attached hydrogen (secondary N) is 1. The summed E-state index contributed by atoms with van der Waals surface area (Å²) in [7, 11) is 0. The number of amides is 1. The highest BCUT2D eigenvalue weighted by Gasteiger charge is 2.08. The molecule has 0 saturated carbocycles. The minimum absolute atomic E-state index is 0.162. The maximum atomic E-state index is 12.0.